The van der Waals surface area contributed by atoms with E-state index in [-0.39, 0.29) is 12.3 Å². The third kappa shape index (κ3) is 3.08. The van der Waals surface area contributed by atoms with Gasteiger partial charge in [0.25, 0.3) is 0 Å². The topological polar surface area (TPSA) is 55.6 Å². The van der Waals surface area contributed by atoms with Crippen molar-refractivity contribution in [2.24, 2.45) is 0 Å². The summed E-state index contributed by atoms with van der Waals surface area (Å²) in [5.41, 5.74) is 4.32. The molecule has 0 saturated carbocycles. The van der Waals surface area contributed by atoms with Gasteiger partial charge in [-0.1, -0.05) is 17.7 Å². The van der Waals surface area contributed by atoms with Gasteiger partial charge in [0.2, 0.25) is 5.91 Å². The number of fused-ring (bicyclic) bond motifs is 1. The lowest BCUT2D eigenvalue weighted by molar-refractivity contribution is -0.115. The molecular formula is C18H18ClN3O2. The number of aromatic nitrogens is 2. The maximum absolute atomic E-state index is 12.4. The number of methoxy groups -OCH3 is 1. The number of nitrogens with zero attached hydrogens (tertiary/aromatic N) is 2. The number of amides is 1. The highest BCUT2D eigenvalue weighted by Gasteiger charge is 2.14. The fourth-order valence-electron chi connectivity index (χ4n) is 2.68. The molecule has 0 unspecified atom stereocenters. The summed E-state index contributed by atoms with van der Waals surface area (Å²) >= 11 is 6.09. The molecular weight excluding hydrogens is 326 g/mol. The van der Waals surface area contributed by atoms with Crippen molar-refractivity contribution < 1.29 is 9.53 Å². The van der Waals surface area contributed by atoms with E-state index < -0.39 is 0 Å². The number of hydrogen-bond donors (Lipinski definition) is 1. The maximum Gasteiger partial charge on any atom is 0.230 e. The molecule has 0 aliphatic rings. The molecule has 6 heteroatoms. The van der Waals surface area contributed by atoms with Gasteiger partial charge in [-0.3, -0.25) is 4.79 Å². The molecule has 3 aromatic rings. The molecule has 0 aliphatic heterocycles. The fourth-order valence-corrected chi connectivity index (χ4v) is 2.94. The molecule has 3 rings (SSSR count). The minimum absolute atomic E-state index is 0.123. The predicted molar refractivity (Wildman–Crippen MR) is 95.0 cm³/mol. The zero-order valence-electron chi connectivity index (χ0n) is 13.8. The van der Waals surface area contributed by atoms with Crippen LogP contribution in [0.4, 0.5) is 5.69 Å². The van der Waals surface area contributed by atoms with E-state index in [0.717, 1.165) is 22.6 Å². The van der Waals surface area contributed by atoms with Crippen LogP contribution < -0.4 is 10.1 Å². The largest absolute Gasteiger partial charge is 0.495 e. The number of hydrogen-bond acceptors (Lipinski definition) is 3. The quantitative estimate of drug-likeness (QED) is 0.784. The molecule has 0 aliphatic carbocycles. The lowest BCUT2D eigenvalue weighted by Crippen LogP contribution is -2.16. The normalized spacial score (nSPS) is 10.8. The maximum atomic E-state index is 12.4. The Balaban J connectivity index is 1.82. The summed E-state index contributed by atoms with van der Waals surface area (Å²) in [7, 11) is 1.55. The van der Waals surface area contributed by atoms with E-state index in [2.05, 4.69) is 10.3 Å². The number of aryl methyl sites for hydroxylation is 2. The standard InChI is InChI=1S/C18H18ClN3O2/c1-11-5-4-8-22-15(12(2)20-18(11)22)10-17(23)21-13-6-7-16(24-3)14(19)9-13/h4-9H,10H2,1-3H3,(H,21,23). The second kappa shape index (κ2) is 6.53. The van der Waals surface area contributed by atoms with Crippen molar-refractivity contribution in [2.45, 2.75) is 20.3 Å². The van der Waals surface area contributed by atoms with Crippen molar-refractivity contribution in [1.82, 2.24) is 9.38 Å². The monoisotopic (exact) mass is 343 g/mol. The number of anilines is 1. The molecule has 5 nitrogen and oxygen atoms in total. The van der Waals surface area contributed by atoms with E-state index in [0.29, 0.717) is 16.5 Å². The zero-order chi connectivity index (χ0) is 17.3. The van der Waals surface area contributed by atoms with Gasteiger partial charge in [-0.05, 0) is 43.7 Å². The Hall–Kier alpha value is -2.53. The van der Waals surface area contributed by atoms with Crippen LogP contribution in [-0.2, 0) is 11.2 Å². The molecule has 0 radical (unpaired) electrons. The molecule has 0 bridgehead atoms. The summed E-state index contributed by atoms with van der Waals surface area (Å²) in [5, 5.41) is 3.31. The van der Waals surface area contributed by atoms with Gasteiger partial charge in [0.1, 0.15) is 11.4 Å². The van der Waals surface area contributed by atoms with E-state index in [1.807, 2.05) is 36.6 Å². The molecule has 0 saturated heterocycles. The lowest BCUT2D eigenvalue weighted by atomic mass is 10.2. The van der Waals surface area contributed by atoms with Crippen LogP contribution in [0.1, 0.15) is 17.0 Å². The Bertz CT molecular complexity index is 918. The smallest absolute Gasteiger partial charge is 0.230 e. The summed E-state index contributed by atoms with van der Waals surface area (Å²) in [4.78, 5) is 17.0. The number of pyridine rings is 1. The number of halogens is 1. The average molecular weight is 344 g/mol. The van der Waals surface area contributed by atoms with Gasteiger partial charge in [0.05, 0.1) is 29.9 Å². The van der Waals surface area contributed by atoms with Gasteiger partial charge in [-0.15, -0.1) is 0 Å². The average Bonchev–Trinajstić information content (AvgIpc) is 2.85. The zero-order valence-corrected chi connectivity index (χ0v) is 14.5. The number of carbonyl (C=O) groups excluding carboxylic acids is 1. The second-order valence-corrected chi connectivity index (χ2v) is 6.01. The Kier molecular flexibility index (Phi) is 4.44. The third-order valence-electron chi connectivity index (χ3n) is 3.91. The summed E-state index contributed by atoms with van der Waals surface area (Å²) in [6.07, 6.45) is 2.16. The Morgan fingerprint density at radius 2 is 2.12 bits per heavy atom. The Morgan fingerprint density at radius 3 is 2.83 bits per heavy atom. The minimum atomic E-state index is -0.123. The molecule has 0 atom stereocenters. The van der Waals surface area contributed by atoms with Crippen LogP contribution in [0.3, 0.4) is 0 Å². The van der Waals surface area contributed by atoms with E-state index in [1.165, 1.54) is 0 Å². The van der Waals surface area contributed by atoms with Crippen molar-refractivity contribution in [2.75, 3.05) is 12.4 Å². The summed E-state index contributed by atoms with van der Waals surface area (Å²) in [6.45, 7) is 3.92. The van der Waals surface area contributed by atoms with Gasteiger partial charge in [0, 0.05) is 11.9 Å². The van der Waals surface area contributed by atoms with Crippen LogP contribution in [0.5, 0.6) is 5.75 Å². The van der Waals surface area contributed by atoms with Crippen molar-refractivity contribution in [1.29, 1.82) is 0 Å². The first-order chi connectivity index (χ1) is 11.5. The van der Waals surface area contributed by atoms with Crippen LogP contribution in [0.15, 0.2) is 36.5 Å². The fraction of sp³-hybridized carbons (Fsp3) is 0.222. The first-order valence-corrected chi connectivity index (χ1v) is 7.94. The van der Waals surface area contributed by atoms with Gasteiger partial charge in [-0.25, -0.2) is 4.98 Å². The number of rotatable bonds is 4. The molecule has 0 fully saturated rings. The summed E-state index contributed by atoms with van der Waals surface area (Å²) in [5.74, 6) is 0.449. The predicted octanol–water partition coefficient (Wildman–Crippen LogP) is 3.79. The third-order valence-corrected chi connectivity index (χ3v) is 4.20. The number of carbonyl (C=O) groups is 1. The molecule has 24 heavy (non-hydrogen) atoms. The van der Waals surface area contributed by atoms with E-state index in [4.69, 9.17) is 16.3 Å². The van der Waals surface area contributed by atoms with Crippen molar-refractivity contribution in [3.05, 3.63) is 58.5 Å². The van der Waals surface area contributed by atoms with Gasteiger partial charge < -0.3 is 14.5 Å². The first kappa shape index (κ1) is 16.3. The molecule has 1 amide bonds. The first-order valence-electron chi connectivity index (χ1n) is 7.56. The molecule has 0 spiro atoms. The van der Waals surface area contributed by atoms with Crippen LogP contribution in [-0.4, -0.2) is 22.4 Å². The van der Waals surface area contributed by atoms with Crippen molar-refractivity contribution >= 4 is 28.8 Å². The number of nitrogens with one attached hydrogen (secondary N) is 1. The molecule has 1 N–H and O–H groups in total. The second-order valence-electron chi connectivity index (χ2n) is 5.60. The molecule has 2 heterocycles. The van der Waals surface area contributed by atoms with Crippen molar-refractivity contribution in [3.8, 4) is 5.75 Å². The van der Waals surface area contributed by atoms with Crippen LogP contribution in [0.2, 0.25) is 5.02 Å². The SMILES string of the molecule is COc1ccc(NC(=O)Cc2c(C)nc3c(C)cccn23)cc1Cl. The lowest BCUT2D eigenvalue weighted by Gasteiger charge is -2.08. The highest BCUT2D eigenvalue weighted by molar-refractivity contribution is 6.32. The highest BCUT2D eigenvalue weighted by Crippen LogP contribution is 2.27. The summed E-state index contributed by atoms with van der Waals surface area (Å²) < 4.78 is 7.07. The molecule has 2 aromatic heterocycles. The number of imidazole rings is 1. The van der Waals surface area contributed by atoms with E-state index in [9.17, 15) is 4.79 Å². The van der Waals surface area contributed by atoms with Crippen molar-refractivity contribution in [3.63, 3.8) is 0 Å². The number of ether oxygens (including phenoxy) is 1. The van der Waals surface area contributed by atoms with Crippen LogP contribution >= 0.6 is 11.6 Å². The van der Waals surface area contributed by atoms with Gasteiger partial charge in [-0.2, -0.15) is 0 Å². The molecule has 1 aromatic carbocycles. The highest BCUT2D eigenvalue weighted by atomic mass is 35.5. The van der Waals surface area contributed by atoms with E-state index >= 15 is 0 Å². The number of benzene rings is 1. The van der Waals surface area contributed by atoms with Crippen LogP contribution in [0.25, 0.3) is 5.65 Å². The van der Waals surface area contributed by atoms with Gasteiger partial charge in [0.15, 0.2) is 0 Å². The van der Waals surface area contributed by atoms with Crippen LogP contribution in [0, 0.1) is 13.8 Å². The molecule has 124 valence electrons. The summed E-state index contributed by atoms with van der Waals surface area (Å²) in [6, 6.07) is 9.11. The minimum Gasteiger partial charge on any atom is -0.495 e. The van der Waals surface area contributed by atoms with E-state index in [1.54, 1.807) is 25.3 Å². The Labute approximate surface area is 145 Å². The Morgan fingerprint density at radius 1 is 1.33 bits per heavy atom. The van der Waals surface area contributed by atoms with Gasteiger partial charge >= 0.3 is 0 Å².